The molecule has 0 aliphatic carbocycles. The van der Waals surface area contributed by atoms with Gasteiger partial charge in [-0.25, -0.2) is 9.59 Å². The van der Waals surface area contributed by atoms with Crippen molar-refractivity contribution in [1.82, 2.24) is 5.32 Å². The molecule has 0 unspecified atom stereocenters. The van der Waals surface area contributed by atoms with E-state index in [9.17, 15) is 9.59 Å². The van der Waals surface area contributed by atoms with Crippen molar-refractivity contribution in [3.05, 3.63) is 77.0 Å². The van der Waals surface area contributed by atoms with Crippen LogP contribution >= 0.6 is 0 Å². The van der Waals surface area contributed by atoms with Crippen molar-refractivity contribution >= 4 is 17.7 Å². The van der Waals surface area contributed by atoms with Crippen LogP contribution in [0.4, 0.5) is 10.5 Å². The van der Waals surface area contributed by atoms with Gasteiger partial charge in [-0.2, -0.15) is 0 Å². The van der Waals surface area contributed by atoms with E-state index in [1.165, 1.54) is 12.0 Å². The van der Waals surface area contributed by atoms with Crippen LogP contribution in [-0.2, 0) is 9.53 Å². The van der Waals surface area contributed by atoms with Gasteiger partial charge in [0.15, 0.2) is 0 Å². The van der Waals surface area contributed by atoms with Crippen LogP contribution < -0.4 is 10.2 Å². The summed E-state index contributed by atoms with van der Waals surface area (Å²) < 4.78 is 4.98. The van der Waals surface area contributed by atoms with Crippen molar-refractivity contribution in [2.45, 2.75) is 19.9 Å². The first-order valence-electron chi connectivity index (χ1n) is 8.04. The van der Waals surface area contributed by atoms with Crippen molar-refractivity contribution in [3.8, 4) is 0 Å². The summed E-state index contributed by atoms with van der Waals surface area (Å²) >= 11 is 0. The van der Waals surface area contributed by atoms with Crippen molar-refractivity contribution in [3.63, 3.8) is 0 Å². The molecule has 2 amide bonds. The molecule has 128 valence electrons. The molecule has 0 fully saturated rings. The largest absolute Gasteiger partial charge is 0.466 e. The van der Waals surface area contributed by atoms with Gasteiger partial charge in [0.1, 0.15) is 0 Å². The highest BCUT2D eigenvalue weighted by atomic mass is 16.5. The Hall–Kier alpha value is -3.08. The summed E-state index contributed by atoms with van der Waals surface area (Å²) in [6, 6.07) is 16.1. The number of allylic oxidation sites excluding steroid dienone is 1. The summed E-state index contributed by atoms with van der Waals surface area (Å²) in [5.41, 5.74) is 3.62. The number of anilines is 1. The summed E-state index contributed by atoms with van der Waals surface area (Å²) in [6.07, 6.45) is 0. The summed E-state index contributed by atoms with van der Waals surface area (Å²) in [7, 11) is 1.34. The SMILES string of the molecule is COC(=O)C1=C(C)N(c2ccc(C)cc2)C(=O)N[C@@H]1c1ccccc1. The lowest BCUT2D eigenvalue weighted by Crippen LogP contribution is -2.48. The van der Waals surface area contributed by atoms with Gasteiger partial charge in [0.05, 0.1) is 24.4 Å². The lowest BCUT2D eigenvalue weighted by Gasteiger charge is -2.35. The zero-order valence-electron chi connectivity index (χ0n) is 14.4. The minimum absolute atomic E-state index is 0.275. The molecule has 0 bridgehead atoms. The third-order valence-corrected chi connectivity index (χ3v) is 4.32. The van der Waals surface area contributed by atoms with E-state index in [4.69, 9.17) is 4.74 Å². The Morgan fingerprint density at radius 1 is 1.04 bits per heavy atom. The van der Waals surface area contributed by atoms with Crippen LogP contribution in [0.25, 0.3) is 0 Å². The standard InChI is InChI=1S/C20H20N2O3/c1-13-9-11-16(12-10-13)22-14(2)17(19(23)25-3)18(21-20(22)24)15-7-5-4-6-8-15/h4-12,18H,1-3H3,(H,21,24)/t18-/m1/s1. The van der Waals surface area contributed by atoms with Crippen molar-refractivity contribution in [2.24, 2.45) is 0 Å². The van der Waals surface area contributed by atoms with E-state index in [0.717, 1.165) is 11.1 Å². The minimum Gasteiger partial charge on any atom is -0.466 e. The van der Waals surface area contributed by atoms with Crippen LogP contribution in [0.2, 0.25) is 0 Å². The number of esters is 1. The molecule has 1 aliphatic rings. The van der Waals surface area contributed by atoms with E-state index in [-0.39, 0.29) is 6.03 Å². The molecule has 0 radical (unpaired) electrons. The van der Waals surface area contributed by atoms with E-state index < -0.39 is 12.0 Å². The lowest BCUT2D eigenvalue weighted by molar-refractivity contribution is -0.136. The molecule has 1 atom stereocenters. The lowest BCUT2D eigenvalue weighted by atomic mass is 9.94. The fourth-order valence-electron chi connectivity index (χ4n) is 3.02. The number of urea groups is 1. The molecule has 1 N–H and O–H groups in total. The number of hydrogen-bond acceptors (Lipinski definition) is 3. The molecular formula is C20H20N2O3. The number of ether oxygens (including phenoxy) is 1. The number of nitrogens with zero attached hydrogens (tertiary/aromatic N) is 1. The summed E-state index contributed by atoms with van der Waals surface area (Å²) in [5, 5.41) is 2.92. The number of aryl methyl sites for hydroxylation is 1. The molecular weight excluding hydrogens is 316 g/mol. The molecule has 3 rings (SSSR count). The molecule has 0 aromatic heterocycles. The molecule has 2 aromatic rings. The van der Waals surface area contributed by atoms with E-state index in [0.29, 0.717) is 17.0 Å². The molecule has 1 aliphatic heterocycles. The summed E-state index contributed by atoms with van der Waals surface area (Å²) in [4.78, 5) is 26.7. The molecule has 0 saturated carbocycles. The topological polar surface area (TPSA) is 58.6 Å². The average molecular weight is 336 g/mol. The molecule has 5 nitrogen and oxygen atoms in total. The van der Waals surface area contributed by atoms with Gasteiger partial charge < -0.3 is 10.1 Å². The van der Waals surface area contributed by atoms with Crippen molar-refractivity contribution in [1.29, 1.82) is 0 Å². The Kier molecular flexibility index (Phi) is 4.57. The summed E-state index contributed by atoms with van der Waals surface area (Å²) in [5.74, 6) is -0.455. The number of carbonyl (C=O) groups is 2. The van der Waals surface area contributed by atoms with Gasteiger partial charge in [0, 0.05) is 5.70 Å². The molecule has 25 heavy (non-hydrogen) atoms. The first kappa shape index (κ1) is 16.8. The van der Waals surface area contributed by atoms with Gasteiger partial charge in [-0.3, -0.25) is 4.90 Å². The number of methoxy groups -OCH3 is 1. The smallest absolute Gasteiger partial charge is 0.337 e. The monoisotopic (exact) mass is 336 g/mol. The van der Waals surface area contributed by atoms with Gasteiger partial charge in [-0.05, 0) is 31.5 Å². The van der Waals surface area contributed by atoms with Gasteiger partial charge in [-0.15, -0.1) is 0 Å². The Morgan fingerprint density at radius 3 is 2.28 bits per heavy atom. The van der Waals surface area contributed by atoms with E-state index in [1.54, 1.807) is 6.92 Å². The Balaban J connectivity index is 2.12. The second-order valence-electron chi connectivity index (χ2n) is 5.95. The second-order valence-corrected chi connectivity index (χ2v) is 5.95. The van der Waals surface area contributed by atoms with Gasteiger partial charge >= 0.3 is 12.0 Å². The normalized spacial score (nSPS) is 17.3. The highest BCUT2D eigenvalue weighted by molar-refractivity contribution is 6.03. The van der Waals surface area contributed by atoms with Crippen molar-refractivity contribution < 1.29 is 14.3 Å². The predicted molar refractivity (Wildman–Crippen MR) is 96.1 cm³/mol. The number of benzene rings is 2. The predicted octanol–water partition coefficient (Wildman–Crippen LogP) is 3.71. The molecule has 5 heteroatoms. The van der Waals surface area contributed by atoms with Gasteiger partial charge in [0.2, 0.25) is 0 Å². The maximum atomic E-state index is 12.8. The van der Waals surface area contributed by atoms with Crippen LogP contribution in [0.3, 0.4) is 0 Å². The Labute approximate surface area is 146 Å². The quantitative estimate of drug-likeness (QED) is 0.869. The van der Waals surface area contributed by atoms with Crippen LogP contribution in [-0.4, -0.2) is 19.1 Å². The van der Waals surface area contributed by atoms with E-state index in [1.807, 2.05) is 61.5 Å². The van der Waals surface area contributed by atoms with E-state index in [2.05, 4.69) is 5.32 Å². The zero-order valence-corrected chi connectivity index (χ0v) is 14.4. The summed E-state index contributed by atoms with van der Waals surface area (Å²) in [6.45, 7) is 3.74. The van der Waals surface area contributed by atoms with Crippen LogP contribution in [0.5, 0.6) is 0 Å². The molecule has 0 spiro atoms. The third-order valence-electron chi connectivity index (χ3n) is 4.32. The molecule has 0 saturated heterocycles. The zero-order chi connectivity index (χ0) is 18.0. The minimum atomic E-state index is -0.539. The van der Waals surface area contributed by atoms with Crippen LogP contribution in [0, 0.1) is 6.92 Å². The van der Waals surface area contributed by atoms with Crippen LogP contribution in [0.1, 0.15) is 24.1 Å². The highest BCUT2D eigenvalue weighted by Gasteiger charge is 2.36. The first-order valence-corrected chi connectivity index (χ1v) is 8.04. The fourth-order valence-corrected chi connectivity index (χ4v) is 3.02. The average Bonchev–Trinajstić information content (AvgIpc) is 2.63. The molecule has 2 aromatic carbocycles. The maximum absolute atomic E-state index is 12.8. The van der Waals surface area contributed by atoms with Crippen LogP contribution in [0.15, 0.2) is 65.9 Å². The third kappa shape index (κ3) is 3.13. The molecule has 1 heterocycles. The fraction of sp³-hybridized carbons (Fsp3) is 0.200. The number of carbonyl (C=O) groups excluding carboxylic acids is 2. The maximum Gasteiger partial charge on any atom is 0.337 e. The van der Waals surface area contributed by atoms with Gasteiger partial charge in [-0.1, -0.05) is 48.0 Å². The number of nitrogens with one attached hydrogen (secondary N) is 1. The van der Waals surface area contributed by atoms with Crippen molar-refractivity contribution in [2.75, 3.05) is 12.0 Å². The number of amides is 2. The number of rotatable bonds is 3. The second kappa shape index (κ2) is 6.81. The highest BCUT2D eigenvalue weighted by Crippen LogP contribution is 2.33. The van der Waals surface area contributed by atoms with Gasteiger partial charge in [0.25, 0.3) is 0 Å². The Morgan fingerprint density at radius 2 is 1.68 bits per heavy atom. The first-order chi connectivity index (χ1) is 12.0. The number of hydrogen-bond donors (Lipinski definition) is 1. The Bertz CT molecular complexity index is 826. The van der Waals surface area contributed by atoms with E-state index >= 15 is 0 Å².